The van der Waals surface area contributed by atoms with Crippen LogP contribution in [0.15, 0.2) is 39.3 Å². The summed E-state index contributed by atoms with van der Waals surface area (Å²) in [6.07, 6.45) is 1.20. The van der Waals surface area contributed by atoms with Crippen LogP contribution < -0.4 is 10.5 Å². The molecule has 0 saturated heterocycles. The maximum atomic E-state index is 11.2. The summed E-state index contributed by atoms with van der Waals surface area (Å²) >= 11 is 5.71. The largest absolute Gasteiger partial charge is 0.489 e. The van der Waals surface area contributed by atoms with Crippen LogP contribution in [0.2, 0.25) is 5.02 Å². The van der Waals surface area contributed by atoms with Crippen LogP contribution in [0.25, 0.3) is 0 Å². The molecule has 0 amide bonds. The lowest BCUT2D eigenvalue weighted by molar-refractivity contribution is 0.357. The predicted octanol–water partition coefficient (Wildman–Crippen LogP) is 1.30. The SMILES string of the molecule is NC1=C(COc2ccc(Cl)cc2)C=NS1(=O)=O. The number of hydrogen-bond donors (Lipinski definition) is 1. The molecule has 0 aromatic heterocycles. The Morgan fingerprint density at radius 1 is 1.29 bits per heavy atom. The molecule has 1 aromatic rings. The van der Waals surface area contributed by atoms with Crippen molar-refractivity contribution in [1.82, 2.24) is 0 Å². The van der Waals surface area contributed by atoms with Crippen LogP contribution in [0.5, 0.6) is 5.75 Å². The molecule has 0 aliphatic carbocycles. The van der Waals surface area contributed by atoms with Crippen LogP contribution >= 0.6 is 11.6 Å². The Kier molecular flexibility index (Phi) is 3.08. The number of rotatable bonds is 3. The van der Waals surface area contributed by atoms with Gasteiger partial charge in [-0.3, -0.25) is 0 Å². The van der Waals surface area contributed by atoms with E-state index in [4.69, 9.17) is 22.1 Å². The third-order valence-electron chi connectivity index (χ3n) is 2.15. The maximum absolute atomic E-state index is 11.2. The first-order chi connectivity index (χ1) is 7.99. The highest BCUT2D eigenvalue weighted by Gasteiger charge is 2.22. The molecular formula is C10H9ClN2O3S. The van der Waals surface area contributed by atoms with Gasteiger partial charge in [0.25, 0.3) is 10.0 Å². The highest BCUT2D eigenvalue weighted by Crippen LogP contribution is 2.19. The molecule has 0 saturated carbocycles. The molecule has 7 heteroatoms. The fraction of sp³-hybridized carbons (Fsp3) is 0.100. The summed E-state index contributed by atoms with van der Waals surface area (Å²) in [5, 5.41) is 0.340. The summed E-state index contributed by atoms with van der Waals surface area (Å²) in [5.74, 6) is 0.576. The highest BCUT2D eigenvalue weighted by molar-refractivity contribution is 7.94. The average Bonchev–Trinajstić information content (AvgIpc) is 2.55. The first-order valence-electron chi connectivity index (χ1n) is 4.66. The normalized spacial score (nSPS) is 17.5. The van der Waals surface area contributed by atoms with Crippen molar-refractivity contribution < 1.29 is 13.2 Å². The summed E-state index contributed by atoms with van der Waals surface area (Å²) in [7, 11) is -3.66. The molecule has 2 rings (SSSR count). The van der Waals surface area contributed by atoms with Gasteiger partial charge in [-0.2, -0.15) is 12.8 Å². The molecule has 1 aromatic carbocycles. The molecule has 1 aliphatic heterocycles. The third-order valence-corrected chi connectivity index (χ3v) is 3.60. The van der Waals surface area contributed by atoms with Gasteiger partial charge in [-0.1, -0.05) is 11.6 Å². The summed E-state index contributed by atoms with van der Waals surface area (Å²) in [6, 6.07) is 6.71. The summed E-state index contributed by atoms with van der Waals surface area (Å²) in [4.78, 5) is 0. The second-order valence-electron chi connectivity index (χ2n) is 3.34. The van der Waals surface area contributed by atoms with Gasteiger partial charge >= 0.3 is 0 Å². The van der Waals surface area contributed by atoms with E-state index in [0.717, 1.165) is 0 Å². The number of nitrogens with two attached hydrogens (primary N) is 1. The lowest BCUT2D eigenvalue weighted by Crippen LogP contribution is -2.11. The van der Waals surface area contributed by atoms with Gasteiger partial charge in [-0.05, 0) is 24.3 Å². The van der Waals surface area contributed by atoms with Crippen molar-refractivity contribution in [3.63, 3.8) is 0 Å². The number of sulfonamides is 1. The van der Waals surface area contributed by atoms with Gasteiger partial charge in [0, 0.05) is 10.6 Å². The smallest absolute Gasteiger partial charge is 0.297 e. The molecule has 0 atom stereocenters. The van der Waals surface area contributed by atoms with Crippen molar-refractivity contribution in [2.45, 2.75) is 0 Å². The van der Waals surface area contributed by atoms with Crippen molar-refractivity contribution in [3.8, 4) is 5.75 Å². The first kappa shape index (κ1) is 11.9. The van der Waals surface area contributed by atoms with Crippen LogP contribution in [0, 0.1) is 0 Å². The standard InChI is InChI=1S/C10H9ClN2O3S/c11-8-1-3-9(4-2-8)16-6-7-5-13-17(14,15)10(7)12/h1-5H,6,12H2. The zero-order valence-corrected chi connectivity index (χ0v) is 10.2. The van der Waals surface area contributed by atoms with E-state index in [2.05, 4.69) is 4.40 Å². The van der Waals surface area contributed by atoms with E-state index in [0.29, 0.717) is 16.3 Å². The van der Waals surface area contributed by atoms with Gasteiger partial charge in [0.15, 0.2) is 5.03 Å². The quantitative estimate of drug-likeness (QED) is 0.899. The fourth-order valence-corrected chi connectivity index (χ4v) is 2.17. The topological polar surface area (TPSA) is 81.8 Å². The minimum atomic E-state index is -3.66. The summed E-state index contributed by atoms with van der Waals surface area (Å²) < 4.78 is 31.0. The molecule has 0 spiro atoms. The minimum Gasteiger partial charge on any atom is -0.489 e. The van der Waals surface area contributed by atoms with Crippen LogP contribution in [0.3, 0.4) is 0 Å². The second kappa shape index (κ2) is 4.38. The van der Waals surface area contributed by atoms with Crippen LogP contribution in [0.1, 0.15) is 0 Å². The fourth-order valence-electron chi connectivity index (χ4n) is 1.22. The number of nitrogens with zero attached hydrogens (tertiary/aromatic N) is 1. The molecule has 0 unspecified atom stereocenters. The number of halogens is 1. The Hall–Kier alpha value is -1.53. The molecule has 0 radical (unpaired) electrons. The molecule has 0 bridgehead atoms. The zero-order chi connectivity index (χ0) is 12.5. The summed E-state index contributed by atoms with van der Waals surface area (Å²) in [5.41, 5.74) is 5.76. The van der Waals surface area contributed by atoms with Crippen LogP contribution in [-0.4, -0.2) is 21.2 Å². The van der Waals surface area contributed by atoms with Crippen molar-refractivity contribution in [2.24, 2.45) is 10.1 Å². The molecule has 5 nitrogen and oxygen atoms in total. The third kappa shape index (κ3) is 2.59. The summed E-state index contributed by atoms with van der Waals surface area (Å²) in [6.45, 7) is 0.0518. The molecule has 2 N–H and O–H groups in total. The molecule has 1 heterocycles. The van der Waals surface area contributed by atoms with Gasteiger partial charge in [0.2, 0.25) is 0 Å². The molecule has 90 valence electrons. The van der Waals surface area contributed by atoms with E-state index in [1.54, 1.807) is 24.3 Å². The van der Waals surface area contributed by atoms with Crippen molar-refractivity contribution in [1.29, 1.82) is 0 Å². The minimum absolute atomic E-state index is 0.0518. The second-order valence-corrected chi connectivity index (χ2v) is 5.38. The Labute approximate surface area is 104 Å². The van der Waals surface area contributed by atoms with Gasteiger partial charge in [-0.15, -0.1) is 0 Å². The number of hydrogen-bond acceptors (Lipinski definition) is 4. The molecular weight excluding hydrogens is 264 g/mol. The Morgan fingerprint density at radius 3 is 2.47 bits per heavy atom. The molecule has 17 heavy (non-hydrogen) atoms. The van der Waals surface area contributed by atoms with E-state index < -0.39 is 10.0 Å². The Balaban J connectivity index is 2.08. The van der Waals surface area contributed by atoms with E-state index in [1.807, 2.05) is 0 Å². The molecule has 1 aliphatic rings. The van der Waals surface area contributed by atoms with Crippen molar-refractivity contribution in [3.05, 3.63) is 39.9 Å². The van der Waals surface area contributed by atoms with E-state index in [9.17, 15) is 8.42 Å². The van der Waals surface area contributed by atoms with E-state index in [-0.39, 0.29) is 11.6 Å². The monoisotopic (exact) mass is 272 g/mol. The lowest BCUT2D eigenvalue weighted by atomic mass is 10.3. The van der Waals surface area contributed by atoms with E-state index in [1.165, 1.54) is 6.21 Å². The zero-order valence-electron chi connectivity index (χ0n) is 8.63. The van der Waals surface area contributed by atoms with Gasteiger partial charge in [0.05, 0.1) is 6.21 Å². The van der Waals surface area contributed by atoms with Gasteiger partial charge < -0.3 is 10.5 Å². The Morgan fingerprint density at radius 2 is 1.94 bits per heavy atom. The van der Waals surface area contributed by atoms with Gasteiger partial charge in [-0.25, -0.2) is 0 Å². The number of ether oxygens (including phenoxy) is 1. The maximum Gasteiger partial charge on any atom is 0.297 e. The van der Waals surface area contributed by atoms with Crippen LogP contribution in [-0.2, 0) is 10.0 Å². The van der Waals surface area contributed by atoms with Gasteiger partial charge in [0.1, 0.15) is 12.4 Å². The average molecular weight is 273 g/mol. The predicted molar refractivity (Wildman–Crippen MR) is 65.6 cm³/mol. The van der Waals surface area contributed by atoms with Crippen molar-refractivity contribution >= 4 is 27.8 Å². The first-order valence-corrected chi connectivity index (χ1v) is 6.48. The van der Waals surface area contributed by atoms with Crippen molar-refractivity contribution in [2.75, 3.05) is 6.61 Å². The lowest BCUT2D eigenvalue weighted by Gasteiger charge is -2.05. The van der Waals surface area contributed by atoms with E-state index >= 15 is 0 Å². The highest BCUT2D eigenvalue weighted by atomic mass is 35.5. The number of benzene rings is 1. The Bertz CT molecular complexity index is 590. The molecule has 0 fully saturated rings. The van der Waals surface area contributed by atoms with Crippen LogP contribution in [0.4, 0.5) is 0 Å².